The number of morpholine rings is 1. The van der Waals surface area contributed by atoms with Crippen LogP contribution in [0.1, 0.15) is 37.0 Å². The molecule has 1 saturated heterocycles. The Hall–Kier alpha value is -2.08. The molecule has 1 aliphatic heterocycles. The molecule has 0 atom stereocenters. The first-order valence-corrected chi connectivity index (χ1v) is 9.14. The largest absolute Gasteiger partial charge is 0.378 e. The first kappa shape index (κ1) is 19.2. The van der Waals surface area contributed by atoms with Gasteiger partial charge in [0.25, 0.3) is 5.91 Å². The number of anilines is 1. The second kappa shape index (κ2) is 10.0. The van der Waals surface area contributed by atoms with Crippen molar-refractivity contribution in [2.75, 3.05) is 51.3 Å². The number of hydrogen-bond donors (Lipinski definition) is 1. The van der Waals surface area contributed by atoms with Crippen molar-refractivity contribution < 1.29 is 14.3 Å². The summed E-state index contributed by atoms with van der Waals surface area (Å²) < 4.78 is 5.27. The molecule has 1 N–H and O–H groups in total. The van der Waals surface area contributed by atoms with Crippen LogP contribution in [0.2, 0.25) is 0 Å². The van der Waals surface area contributed by atoms with Gasteiger partial charge in [0, 0.05) is 37.4 Å². The SMILES string of the molecule is CCCN(CCC)C(=O)CNc1ccc(C(=O)N2CCOCC2)cc1. The van der Waals surface area contributed by atoms with Gasteiger partial charge in [0.1, 0.15) is 0 Å². The number of amides is 2. The lowest BCUT2D eigenvalue weighted by atomic mass is 10.1. The lowest BCUT2D eigenvalue weighted by molar-refractivity contribution is -0.129. The van der Waals surface area contributed by atoms with Gasteiger partial charge in [0.15, 0.2) is 0 Å². The average molecular weight is 347 g/mol. The predicted molar refractivity (Wildman–Crippen MR) is 98.8 cm³/mol. The maximum Gasteiger partial charge on any atom is 0.254 e. The zero-order valence-electron chi connectivity index (χ0n) is 15.3. The van der Waals surface area contributed by atoms with Gasteiger partial charge < -0.3 is 19.9 Å². The second-order valence-corrected chi connectivity index (χ2v) is 6.22. The Labute approximate surface area is 150 Å². The summed E-state index contributed by atoms with van der Waals surface area (Å²) in [6, 6.07) is 7.32. The van der Waals surface area contributed by atoms with E-state index in [1.807, 2.05) is 21.9 Å². The molecule has 0 unspecified atom stereocenters. The maximum atomic E-state index is 12.4. The molecule has 1 aromatic carbocycles. The summed E-state index contributed by atoms with van der Waals surface area (Å²) in [5.41, 5.74) is 1.51. The summed E-state index contributed by atoms with van der Waals surface area (Å²) in [6.45, 7) is 8.48. The minimum atomic E-state index is 0.0305. The molecule has 0 aromatic heterocycles. The van der Waals surface area contributed by atoms with E-state index in [4.69, 9.17) is 4.74 Å². The van der Waals surface area contributed by atoms with Crippen molar-refractivity contribution in [3.63, 3.8) is 0 Å². The number of nitrogens with one attached hydrogen (secondary N) is 1. The van der Waals surface area contributed by atoms with Crippen molar-refractivity contribution in [2.45, 2.75) is 26.7 Å². The van der Waals surface area contributed by atoms with Gasteiger partial charge >= 0.3 is 0 Å². The zero-order valence-corrected chi connectivity index (χ0v) is 15.3. The van der Waals surface area contributed by atoms with E-state index in [0.29, 0.717) is 31.9 Å². The van der Waals surface area contributed by atoms with Crippen LogP contribution < -0.4 is 5.32 Å². The smallest absolute Gasteiger partial charge is 0.254 e. The Morgan fingerprint density at radius 1 is 1.08 bits per heavy atom. The molecule has 1 aromatic rings. The van der Waals surface area contributed by atoms with Crippen molar-refractivity contribution in [3.05, 3.63) is 29.8 Å². The Morgan fingerprint density at radius 3 is 2.24 bits per heavy atom. The van der Waals surface area contributed by atoms with Crippen LogP contribution in [0.15, 0.2) is 24.3 Å². The Balaban J connectivity index is 1.87. The highest BCUT2D eigenvalue weighted by molar-refractivity contribution is 5.94. The van der Waals surface area contributed by atoms with Gasteiger partial charge in [-0.05, 0) is 37.1 Å². The van der Waals surface area contributed by atoms with Gasteiger partial charge in [-0.15, -0.1) is 0 Å². The topological polar surface area (TPSA) is 61.9 Å². The average Bonchev–Trinajstić information content (AvgIpc) is 2.66. The lowest BCUT2D eigenvalue weighted by Gasteiger charge is -2.27. The molecular formula is C19H29N3O3. The molecule has 0 radical (unpaired) electrons. The Kier molecular flexibility index (Phi) is 7.73. The number of ether oxygens (including phenoxy) is 1. The number of carbonyl (C=O) groups is 2. The van der Waals surface area contributed by atoms with E-state index in [1.165, 1.54) is 0 Å². The fraction of sp³-hybridized carbons (Fsp3) is 0.579. The highest BCUT2D eigenvalue weighted by atomic mass is 16.5. The fourth-order valence-electron chi connectivity index (χ4n) is 2.87. The fourth-order valence-corrected chi connectivity index (χ4v) is 2.87. The van der Waals surface area contributed by atoms with Crippen molar-refractivity contribution in [1.29, 1.82) is 0 Å². The van der Waals surface area contributed by atoms with E-state index in [2.05, 4.69) is 19.2 Å². The summed E-state index contributed by atoms with van der Waals surface area (Å²) in [5, 5.41) is 3.15. The van der Waals surface area contributed by atoms with Crippen molar-refractivity contribution in [2.24, 2.45) is 0 Å². The minimum absolute atomic E-state index is 0.0305. The number of benzene rings is 1. The number of rotatable bonds is 8. The molecule has 138 valence electrons. The van der Waals surface area contributed by atoms with E-state index in [0.717, 1.165) is 31.6 Å². The van der Waals surface area contributed by atoms with Crippen LogP contribution in [-0.2, 0) is 9.53 Å². The first-order valence-electron chi connectivity index (χ1n) is 9.14. The number of hydrogen-bond acceptors (Lipinski definition) is 4. The van der Waals surface area contributed by atoms with E-state index in [9.17, 15) is 9.59 Å². The molecule has 0 bridgehead atoms. The highest BCUT2D eigenvalue weighted by Crippen LogP contribution is 2.12. The van der Waals surface area contributed by atoms with Crippen LogP contribution >= 0.6 is 0 Å². The van der Waals surface area contributed by atoms with E-state index < -0.39 is 0 Å². The summed E-state index contributed by atoms with van der Waals surface area (Å²) in [7, 11) is 0. The summed E-state index contributed by atoms with van der Waals surface area (Å²) in [4.78, 5) is 28.4. The van der Waals surface area contributed by atoms with Gasteiger partial charge in [-0.1, -0.05) is 13.8 Å². The molecule has 6 nitrogen and oxygen atoms in total. The van der Waals surface area contributed by atoms with Gasteiger partial charge in [-0.25, -0.2) is 0 Å². The van der Waals surface area contributed by atoms with Crippen LogP contribution in [0.4, 0.5) is 5.69 Å². The van der Waals surface area contributed by atoms with Gasteiger partial charge in [0.2, 0.25) is 5.91 Å². The van der Waals surface area contributed by atoms with Crippen molar-refractivity contribution >= 4 is 17.5 Å². The minimum Gasteiger partial charge on any atom is -0.378 e. The summed E-state index contributed by atoms with van der Waals surface area (Å²) in [6.07, 6.45) is 1.92. The Morgan fingerprint density at radius 2 is 1.68 bits per heavy atom. The van der Waals surface area contributed by atoms with Gasteiger partial charge in [-0.2, -0.15) is 0 Å². The van der Waals surface area contributed by atoms with E-state index in [1.54, 1.807) is 12.1 Å². The third-order valence-electron chi connectivity index (χ3n) is 4.21. The molecule has 1 aliphatic rings. The zero-order chi connectivity index (χ0) is 18.1. The van der Waals surface area contributed by atoms with Crippen molar-refractivity contribution in [3.8, 4) is 0 Å². The summed E-state index contributed by atoms with van der Waals surface area (Å²) in [5.74, 6) is 0.139. The predicted octanol–water partition coefficient (Wildman–Crippen LogP) is 2.22. The molecule has 0 spiro atoms. The first-order chi connectivity index (χ1) is 12.2. The third kappa shape index (κ3) is 5.74. The van der Waals surface area contributed by atoms with Crippen molar-refractivity contribution in [1.82, 2.24) is 9.80 Å². The molecular weight excluding hydrogens is 318 g/mol. The quantitative estimate of drug-likeness (QED) is 0.783. The molecule has 1 heterocycles. The standard InChI is InChI=1S/C19H29N3O3/c1-3-9-21(10-4-2)18(23)15-20-17-7-5-16(6-8-17)19(24)22-11-13-25-14-12-22/h5-8,20H,3-4,9-15H2,1-2H3. The van der Waals surface area contributed by atoms with Gasteiger partial charge in [0.05, 0.1) is 19.8 Å². The Bertz CT molecular complexity index is 548. The monoisotopic (exact) mass is 347 g/mol. The molecule has 6 heteroatoms. The molecule has 25 heavy (non-hydrogen) atoms. The molecule has 0 aliphatic carbocycles. The van der Waals surface area contributed by atoms with E-state index >= 15 is 0 Å². The van der Waals surface area contributed by atoms with Crippen LogP contribution in [0.3, 0.4) is 0 Å². The van der Waals surface area contributed by atoms with Crippen LogP contribution in [0.5, 0.6) is 0 Å². The van der Waals surface area contributed by atoms with Crippen LogP contribution in [0.25, 0.3) is 0 Å². The number of nitrogens with zero attached hydrogens (tertiary/aromatic N) is 2. The lowest BCUT2D eigenvalue weighted by Crippen LogP contribution is -2.40. The highest BCUT2D eigenvalue weighted by Gasteiger charge is 2.18. The molecule has 2 rings (SSSR count). The third-order valence-corrected chi connectivity index (χ3v) is 4.21. The second-order valence-electron chi connectivity index (χ2n) is 6.22. The van der Waals surface area contributed by atoms with Crippen LogP contribution in [-0.4, -0.2) is 67.6 Å². The number of carbonyl (C=O) groups excluding carboxylic acids is 2. The van der Waals surface area contributed by atoms with Crippen LogP contribution in [0, 0.1) is 0 Å². The van der Waals surface area contributed by atoms with E-state index in [-0.39, 0.29) is 18.4 Å². The molecule has 0 saturated carbocycles. The maximum absolute atomic E-state index is 12.4. The summed E-state index contributed by atoms with van der Waals surface area (Å²) >= 11 is 0. The normalized spacial score (nSPS) is 14.2. The van der Waals surface area contributed by atoms with Gasteiger partial charge in [-0.3, -0.25) is 9.59 Å². The molecule has 1 fully saturated rings. The molecule has 2 amide bonds.